The van der Waals surface area contributed by atoms with Crippen molar-refractivity contribution >= 4 is 5.91 Å². The molecule has 0 spiro atoms. The van der Waals surface area contributed by atoms with E-state index in [1.165, 1.54) is 12.8 Å². The Morgan fingerprint density at radius 2 is 1.78 bits per heavy atom. The van der Waals surface area contributed by atoms with Crippen molar-refractivity contribution in [3.63, 3.8) is 0 Å². The molecule has 1 amide bonds. The molecule has 0 aromatic rings. The highest BCUT2D eigenvalue weighted by Gasteiger charge is 2.43. The second kappa shape index (κ2) is 5.60. The lowest BCUT2D eigenvalue weighted by Gasteiger charge is -2.37. The van der Waals surface area contributed by atoms with Crippen molar-refractivity contribution in [1.82, 2.24) is 5.32 Å². The van der Waals surface area contributed by atoms with E-state index in [1.54, 1.807) is 0 Å². The molecule has 1 aliphatic rings. The highest BCUT2D eigenvalue weighted by molar-refractivity contribution is 5.83. The fourth-order valence-corrected chi connectivity index (χ4v) is 2.90. The summed E-state index contributed by atoms with van der Waals surface area (Å²) >= 11 is 0. The Hall–Kier alpha value is -0.570. The van der Waals surface area contributed by atoms with E-state index >= 15 is 0 Å². The van der Waals surface area contributed by atoms with Crippen LogP contribution in [-0.4, -0.2) is 17.5 Å². The molecule has 0 heterocycles. The lowest BCUT2D eigenvalue weighted by Crippen LogP contribution is -2.57. The van der Waals surface area contributed by atoms with Gasteiger partial charge in [-0.1, -0.05) is 26.7 Å². The van der Waals surface area contributed by atoms with Gasteiger partial charge in [0.15, 0.2) is 0 Å². The normalized spacial score (nSPS) is 21.1. The Labute approximate surface area is 112 Å². The standard InChI is InChI=1S/C15H30N2O/c1-11(2)10-15(8-6-7-9-15)13(18)17-14(4,5)12(3)16/h11-12H,6-10,16H2,1-5H3,(H,17,18). The molecule has 1 aliphatic carbocycles. The van der Waals surface area contributed by atoms with Crippen molar-refractivity contribution < 1.29 is 4.79 Å². The zero-order chi connectivity index (χ0) is 14.0. The van der Waals surface area contributed by atoms with E-state index in [9.17, 15) is 4.79 Å². The maximum absolute atomic E-state index is 12.7. The van der Waals surface area contributed by atoms with Crippen molar-refractivity contribution in [1.29, 1.82) is 0 Å². The van der Waals surface area contributed by atoms with E-state index in [0.717, 1.165) is 19.3 Å². The number of amides is 1. The lowest BCUT2D eigenvalue weighted by molar-refractivity contribution is -0.133. The highest BCUT2D eigenvalue weighted by atomic mass is 16.2. The summed E-state index contributed by atoms with van der Waals surface area (Å²) in [5, 5.41) is 3.18. The van der Waals surface area contributed by atoms with Crippen LogP contribution in [0.3, 0.4) is 0 Å². The summed E-state index contributed by atoms with van der Waals surface area (Å²) in [5.41, 5.74) is 5.48. The molecule has 1 fully saturated rings. The largest absolute Gasteiger partial charge is 0.349 e. The molecule has 0 aromatic heterocycles. The number of nitrogens with one attached hydrogen (secondary N) is 1. The Morgan fingerprint density at radius 3 is 2.17 bits per heavy atom. The van der Waals surface area contributed by atoms with Gasteiger partial charge < -0.3 is 11.1 Å². The Balaban J connectivity index is 2.78. The third kappa shape index (κ3) is 3.47. The zero-order valence-electron chi connectivity index (χ0n) is 12.7. The van der Waals surface area contributed by atoms with Gasteiger partial charge in [-0.05, 0) is 46.0 Å². The second-order valence-corrected chi connectivity index (χ2v) is 7.05. The number of rotatable bonds is 5. The van der Waals surface area contributed by atoms with E-state index in [0.29, 0.717) is 5.92 Å². The van der Waals surface area contributed by atoms with E-state index in [4.69, 9.17) is 5.73 Å². The van der Waals surface area contributed by atoms with Gasteiger partial charge in [-0.3, -0.25) is 4.79 Å². The van der Waals surface area contributed by atoms with E-state index in [1.807, 2.05) is 20.8 Å². The number of nitrogens with two attached hydrogens (primary N) is 1. The molecule has 3 heteroatoms. The highest BCUT2D eigenvalue weighted by Crippen LogP contribution is 2.43. The van der Waals surface area contributed by atoms with Crippen LogP contribution < -0.4 is 11.1 Å². The Bertz CT molecular complexity index is 289. The molecule has 3 N–H and O–H groups in total. The van der Waals surface area contributed by atoms with Gasteiger partial charge in [-0.2, -0.15) is 0 Å². The predicted octanol–water partition coefficient (Wildman–Crippen LogP) is 2.83. The quantitative estimate of drug-likeness (QED) is 0.792. The topological polar surface area (TPSA) is 55.1 Å². The minimum Gasteiger partial charge on any atom is -0.349 e. The number of hydrogen-bond donors (Lipinski definition) is 2. The SMILES string of the molecule is CC(C)CC1(C(=O)NC(C)(C)C(C)N)CCCC1. The molecule has 0 bridgehead atoms. The summed E-state index contributed by atoms with van der Waals surface area (Å²) in [6.45, 7) is 10.4. The third-order valence-corrected chi connectivity index (χ3v) is 4.42. The van der Waals surface area contributed by atoms with Gasteiger partial charge in [-0.25, -0.2) is 0 Å². The maximum atomic E-state index is 12.7. The Kier molecular flexibility index (Phi) is 4.82. The molecule has 3 nitrogen and oxygen atoms in total. The summed E-state index contributed by atoms with van der Waals surface area (Å²) in [6, 6.07) is -0.0426. The molecule has 0 aromatic carbocycles. The van der Waals surface area contributed by atoms with Crippen molar-refractivity contribution in [3.8, 4) is 0 Å². The van der Waals surface area contributed by atoms with Gasteiger partial charge in [0.1, 0.15) is 0 Å². The fourth-order valence-electron chi connectivity index (χ4n) is 2.90. The predicted molar refractivity (Wildman–Crippen MR) is 76.2 cm³/mol. The molecular weight excluding hydrogens is 224 g/mol. The minimum atomic E-state index is -0.330. The van der Waals surface area contributed by atoms with Crippen molar-refractivity contribution in [2.24, 2.45) is 17.1 Å². The van der Waals surface area contributed by atoms with E-state index < -0.39 is 0 Å². The molecule has 0 aliphatic heterocycles. The molecule has 1 saturated carbocycles. The van der Waals surface area contributed by atoms with Crippen LogP contribution in [0.25, 0.3) is 0 Å². The first-order valence-corrected chi connectivity index (χ1v) is 7.28. The summed E-state index contributed by atoms with van der Waals surface area (Å²) in [5.74, 6) is 0.781. The van der Waals surface area contributed by atoms with Crippen LogP contribution in [0.5, 0.6) is 0 Å². The summed E-state index contributed by atoms with van der Waals surface area (Å²) in [4.78, 5) is 12.7. The first-order chi connectivity index (χ1) is 8.19. The summed E-state index contributed by atoms with van der Waals surface area (Å²) < 4.78 is 0. The molecule has 18 heavy (non-hydrogen) atoms. The van der Waals surface area contributed by atoms with Crippen LogP contribution in [0.1, 0.15) is 66.7 Å². The first-order valence-electron chi connectivity index (χ1n) is 7.28. The van der Waals surface area contributed by atoms with Crippen LogP contribution in [0.15, 0.2) is 0 Å². The van der Waals surface area contributed by atoms with Gasteiger partial charge in [0.05, 0.1) is 0 Å². The number of carbonyl (C=O) groups is 1. The van der Waals surface area contributed by atoms with Gasteiger partial charge >= 0.3 is 0 Å². The molecule has 0 saturated heterocycles. The van der Waals surface area contributed by atoms with Crippen LogP contribution in [0, 0.1) is 11.3 Å². The average Bonchev–Trinajstić information content (AvgIpc) is 2.65. The maximum Gasteiger partial charge on any atom is 0.226 e. The monoisotopic (exact) mass is 254 g/mol. The van der Waals surface area contributed by atoms with Gasteiger partial charge in [0.2, 0.25) is 5.91 Å². The summed E-state index contributed by atoms with van der Waals surface area (Å²) in [7, 11) is 0. The third-order valence-electron chi connectivity index (χ3n) is 4.42. The van der Waals surface area contributed by atoms with Crippen molar-refractivity contribution in [3.05, 3.63) is 0 Å². The van der Waals surface area contributed by atoms with Crippen molar-refractivity contribution in [2.45, 2.75) is 78.3 Å². The number of carbonyl (C=O) groups excluding carboxylic acids is 1. The van der Waals surface area contributed by atoms with Gasteiger partial charge in [-0.15, -0.1) is 0 Å². The average molecular weight is 254 g/mol. The molecule has 1 atom stereocenters. The molecule has 1 rings (SSSR count). The van der Waals surface area contributed by atoms with E-state index in [-0.39, 0.29) is 22.9 Å². The zero-order valence-corrected chi connectivity index (χ0v) is 12.7. The first kappa shape index (κ1) is 15.5. The summed E-state index contributed by atoms with van der Waals surface area (Å²) in [6.07, 6.45) is 5.42. The smallest absolute Gasteiger partial charge is 0.226 e. The van der Waals surface area contributed by atoms with Gasteiger partial charge in [0.25, 0.3) is 0 Å². The fraction of sp³-hybridized carbons (Fsp3) is 0.933. The lowest BCUT2D eigenvalue weighted by atomic mass is 9.77. The minimum absolute atomic E-state index is 0.0426. The van der Waals surface area contributed by atoms with Crippen LogP contribution in [0.2, 0.25) is 0 Å². The van der Waals surface area contributed by atoms with Crippen LogP contribution in [0.4, 0.5) is 0 Å². The molecule has 106 valence electrons. The molecule has 0 radical (unpaired) electrons. The van der Waals surface area contributed by atoms with Crippen molar-refractivity contribution in [2.75, 3.05) is 0 Å². The van der Waals surface area contributed by atoms with Gasteiger partial charge in [0, 0.05) is 17.0 Å². The number of hydrogen-bond acceptors (Lipinski definition) is 2. The molecule has 1 unspecified atom stereocenters. The van der Waals surface area contributed by atoms with E-state index in [2.05, 4.69) is 19.2 Å². The Morgan fingerprint density at radius 1 is 1.28 bits per heavy atom. The van der Waals surface area contributed by atoms with Crippen LogP contribution in [-0.2, 0) is 4.79 Å². The second-order valence-electron chi connectivity index (χ2n) is 7.05. The molecular formula is C15H30N2O. The van der Waals surface area contributed by atoms with Crippen LogP contribution >= 0.6 is 0 Å².